The van der Waals surface area contributed by atoms with E-state index in [0.29, 0.717) is 24.1 Å². The van der Waals surface area contributed by atoms with Gasteiger partial charge in [0.15, 0.2) is 23.2 Å². The minimum atomic E-state index is -0.620. The predicted molar refractivity (Wildman–Crippen MR) is 125 cm³/mol. The molecule has 0 fully saturated rings. The molecule has 0 aliphatic rings. The van der Waals surface area contributed by atoms with Crippen LogP contribution in [0.1, 0.15) is 41.4 Å². The average molecular weight is 464 g/mol. The summed E-state index contributed by atoms with van der Waals surface area (Å²) in [5.41, 5.74) is 2.44. The molecule has 0 saturated heterocycles. The van der Waals surface area contributed by atoms with E-state index in [1.54, 1.807) is 4.68 Å². The smallest absolute Gasteiger partial charge is 0.275 e. The Kier molecular flexibility index (Phi) is 6.90. The Labute approximate surface area is 196 Å². The number of rotatable bonds is 9. The first-order valence-electron chi connectivity index (χ1n) is 11.0. The van der Waals surface area contributed by atoms with E-state index in [2.05, 4.69) is 35.8 Å². The maximum absolute atomic E-state index is 14.1. The number of hydrogen-bond donors (Lipinski definition) is 2. The Morgan fingerprint density at radius 2 is 2.03 bits per heavy atom. The molecule has 0 saturated carbocycles. The maximum Gasteiger partial charge on any atom is 0.275 e. The summed E-state index contributed by atoms with van der Waals surface area (Å²) < 4.78 is 17.3. The minimum absolute atomic E-state index is 0.191. The van der Waals surface area contributed by atoms with E-state index in [9.17, 15) is 9.18 Å². The number of carbonyl (C=O) groups is 1. The molecule has 0 aliphatic heterocycles. The maximum atomic E-state index is 14.1. The molecule has 3 heterocycles. The fourth-order valence-corrected chi connectivity index (χ4v) is 3.37. The van der Waals surface area contributed by atoms with E-state index in [1.807, 2.05) is 51.4 Å². The summed E-state index contributed by atoms with van der Waals surface area (Å²) in [6, 6.07) is 7.50. The van der Waals surface area contributed by atoms with Crippen LogP contribution in [0.25, 0.3) is 11.4 Å². The molecule has 0 radical (unpaired) electrons. The summed E-state index contributed by atoms with van der Waals surface area (Å²) in [5, 5.41) is 14.1. The summed E-state index contributed by atoms with van der Waals surface area (Å²) in [4.78, 5) is 25.3. The number of nitrogens with zero attached hydrogens (tertiary/aromatic N) is 7. The van der Waals surface area contributed by atoms with Gasteiger partial charge in [0, 0.05) is 38.0 Å². The van der Waals surface area contributed by atoms with Gasteiger partial charge in [0.2, 0.25) is 5.95 Å². The lowest BCUT2D eigenvalue weighted by Crippen LogP contribution is -2.24. The van der Waals surface area contributed by atoms with Crippen LogP contribution in [0.4, 0.5) is 16.2 Å². The number of nitrogens with one attached hydrogen (secondary N) is 2. The van der Waals surface area contributed by atoms with Crippen molar-refractivity contribution in [3.05, 3.63) is 65.6 Å². The summed E-state index contributed by atoms with van der Waals surface area (Å²) in [7, 11) is 1.83. The molecule has 4 rings (SSSR count). The third kappa shape index (κ3) is 5.42. The molecule has 2 N–H and O–H groups in total. The molecule has 34 heavy (non-hydrogen) atoms. The molecule has 10 nitrogen and oxygen atoms in total. The number of benzene rings is 1. The third-order valence-corrected chi connectivity index (χ3v) is 5.24. The second kappa shape index (κ2) is 10.2. The number of amides is 1. The fourth-order valence-electron chi connectivity index (χ4n) is 3.37. The normalized spacial score (nSPS) is 10.9. The highest BCUT2D eigenvalue weighted by Crippen LogP contribution is 2.20. The molecule has 11 heteroatoms. The van der Waals surface area contributed by atoms with Crippen LogP contribution >= 0.6 is 0 Å². The van der Waals surface area contributed by atoms with Crippen molar-refractivity contribution in [3.63, 3.8) is 0 Å². The van der Waals surface area contributed by atoms with Gasteiger partial charge in [-0.25, -0.2) is 14.4 Å². The Hall–Kier alpha value is -4.15. The van der Waals surface area contributed by atoms with Crippen LogP contribution in [0.15, 0.2) is 43.0 Å². The van der Waals surface area contributed by atoms with E-state index in [0.717, 1.165) is 29.5 Å². The van der Waals surface area contributed by atoms with Gasteiger partial charge in [-0.15, -0.1) is 0 Å². The predicted octanol–water partition coefficient (Wildman–Crippen LogP) is 3.39. The van der Waals surface area contributed by atoms with Gasteiger partial charge < -0.3 is 10.6 Å². The third-order valence-electron chi connectivity index (χ3n) is 5.24. The molecule has 0 aliphatic carbocycles. The number of aryl methyl sites for hydroxylation is 3. The number of hydrogen-bond acceptors (Lipinski definition) is 7. The summed E-state index contributed by atoms with van der Waals surface area (Å²) in [6.07, 6.45) is 6.35. The number of anilines is 2. The van der Waals surface area contributed by atoms with Crippen molar-refractivity contribution in [2.45, 2.75) is 39.8 Å². The standard InChI is InChI=1S/C23H26FN9O/c1-4-5-9-33-13-18(24)20(31-33)22(34)25-12-17-7-6-16(11-15(17)2)21-26-14-27-23(29-21)28-19-8-10-32(3)30-19/h6-8,10-11,13-14H,4-5,9,12H2,1-3H3,(H,25,34)(H,26,27,28,29,30). The molecule has 0 unspecified atom stereocenters. The molecule has 0 atom stereocenters. The first-order chi connectivity index (χ1) is 16.4. The van der Waals surface area contributed by atoms with Gasteiger partial charge in [-0.05, 0) is 30.5 Å². The Bertz CT molecular complexity index is 1300. The molecular formula is C23H26FN9O. The molecule has 176 valence electrons. The lowest BCUT2D eigenvalue weighted by molar-refractivity contribution is 0.0941. The van der Waals surface area contributed by atoms with Crippen LogP contribution in [0.3, 0.4) is 0 Å². The Balaban J connectivity index is 1.42. The largest absolute Gasteiger partial charge is 0.346 e. The quantitative estimate of drug-likeness (QED) is 0.391. The molecule has 0 spiro atoms. The van der Waals surface area contributed by atoms with Crippen molar-refractivity contribution in [1.82, 2.24) is 39.8 Å². The molecule has 3 aromatic heterocycles. The minimum Gasteiger partial charge on any atom is -0.346 e. The summed E-state index contributed by atoms with van der Waals surface area (Å²) >= 11 is 0. The molecule has 1 aromatic carbocycles. The van der Waals surface area contributed by atoms with Gasteiger partial charge in [-0.1, -0.05) is 25.5 Å². The van der Waals surface area contributed by atoms with Crippen LogP contribution in [-0.4, -0.2) is 40.4 Å². The summed E-state index contributed by atoms with van der Waals surface area (Å²) in [5.74, 6) is 0.364. The van der Waals surface area contributed by atoms with Crippen LogP contribution in [-0.2, 0) is 20.1 Å². The van der Waals surface area contributed by atoms with Crippen molar-refractivity contribution >= 4 is 17.7 Å². The van der Waals surface area contributed by atoms with Crippen LogP contribution in [0, 0.1) is 12.7 Å². The SMILES string of the molecule is CCCCn1cc(F)c(C(=O)NCc2ccc(-c3ncnc(Nc4ccn(C)n4)n3)cc2C)n1. The van der Waals surface area contributed by atoms with Crippen molar-refractivity contribution in [1.29, 1.82) is 0 Å². The zero-order valence-corrected chi connectivity index (χ0v) is 19.3. The van der Waals surface area contributed by atoms with Gasteiger partial charge in [-0.3, -0.25) is 14.2 Å². The highest BCUT2D eigenvalue weighted by Gasteiger charge is 2.17. The number of unbranched alkanes of at least 4 members (excludes halogenated alkanes) is 1. The highest BCUT2D eigenvalue weighted by molar-refractivity contribution is 5.92. The molecular weight excluding hydrogens is 437 g/mol. The van der Waals surface area contributed by atoms with Crippen LogP contribution in [0.2, 0.25) is 0 Å². The molecule has 1 amide bonds. The van der Waals surface area contributed by atoms with Gasteiger partial charge >= 0.3 is 0 Å². The molecule has 0 bridgehead atoms. The topological polar surface area (TPSA) is 115 Å². The van der Waals surface area contributed by atoms with E-state index in [4.69, 9.17) is 0 Å². The van der Waals surface area contributed by atoms with Gasteiger partial charge in [0.25, 0.3) is 5.91 Å². The molecule has 4 aromatic rings. The van der Waals surface area contributed by atoms with Crippen molar-refractivity contribution in [2.24, 2.45) is 7.05 Å². The van der Waals surface area contributed by atoms with E-state index in [1.165, 1.54) is 17.2 Å². The van der Waals surface area contributed by atoms with Gasteiger partial charge in [0.05, 0.1) is 6.20 Å². The fraction of sp³-hybridized carbons (Fsp3) is 0.304. The lowest BCUT2D eigenvalue weighted by atomic mass is 10.0. The number of carbonyl (C=O) groups excluding carboxylic acids is 1. The highest BCUT2D eigenvalue weighted by atomic mass is 19.1. The van der Waals surface area contributed by atoms with Gasteiger partial charge in [-0.2, -0.15) is 15.2 Å². The first kappa shape index (κ1) is 23.0. The monoisotopic (exact) mass is 463 g/mol. The van der Waals surface area contributed by atoms with Crippen LogP contribution < -0.4 is 10.6 Å². The van der Waals surface area contributed by atoms with Crippen molar-refractivity contribution in [3.8, 4) is 11.4 Å². The second-order valence-corrected chi connectivity index (χ2v) is 7.90. The van der Waals surface area contributed by atoms with E-state index in [-0.39, 0.29) is 12.2 Å². The number of aromatic nitrogens is 7. The zero-order chi connectivity index (χ0) is 24.1. The van der Waals surface area contributed by atoms with Gasteiger partial charge in [0.1, 0.15) is 6.33 Å². The van der Waals surface area contributed by atoms with Crippen LogP contribution in [0.5, 0.6) is 0 Å². The average Bonchev–Trinajstić information content (AvgIpc) is 3.41. The van der Waals surface area contributed by atoms with E-state index < -0.39 is 11.7 Å². The van der Waals surface area contributed by atoms with E-state index >= 15 is 0 Å². The number of halogens is 1. The Morgan fingerprint density at radius 1 is 1.18 bits per heavy atom. The zero-order valence-electron chi connectivity index (χ0n) is 19.3. The summed E-state index contributed by atoms with van der Waals surface area (Å²) in [6.45, 7) is 4.80. The van der Waals surface area contributed by atoms with Crippen molar-refractivity contribution < 1.29 is 9.18 Å². The lowest BCUT2D eigenvalue weighted by Gasteiger charge is -2.10. The Morgan fingerprint density at radius 3 is 2.76 bits per heavy atom. The second-order valence-electron chi connectivity index (χ2n) is 7.90. The first-order valence-corrected chi connectivity index (χ1v) is 11.0. The van der Waals surface area contributed by atoms with Crippen molar-refractivity contribution in [2.75, 3.05) is 5.32 Å².